The molecule has 4 heteroatoms. The predicted molar refractivity (Wildman–Crippen MR) is 63.5 cm³/mol. The number of aryl methyl sites for hydroxylation is 1. The van der Waals surface area contributed by atoms with Crippen molar-refractivity contribution in [2.45, 2.75) is 32.6 Å². The number of nitrogens with one attached hydrogen (secondary N) is 2. The maximum Gasteiger partial charge on any atom is 0.345 e. The number of piperidine rings is 1. The van der Waals surface area contributed by atoms with Gasteiger partial charge in [-0.3, -0.25) is 0 Å². The lowest BCUT2D eigenvalue weighted by Crippen LogP contribution is -2.29. The average Bonchev–Trinajstić information content (AvgIpc) is 2.29. The second-order valence-corrected chi connectivity index (χ2v) is 4.45. The lowest BCUT2D eigenvalue weighted by atomic mass is 9.93. The van der Waals surface area contributed by atoms with Gasteiger partial charge in [-0.1, -0.05) is 6.92 Å². The van der Waals surface area contributed by atoms with E-state index in [-0.39, 0.29) is 5.69 Å². The van der Waals surface area contributed by atoms with E-state index in [0.717, 1.165) is 37.3 Å². The molecule has 0 amide bonds. The van der Waals surface area contributed by atoms with Crippen LogP contribution in [0.4, 0.5) is 0 Å². The molecule has 2 rings (SSSR count). The Morgan fingerprint density at radius 2 is 2.19 bits per heavy atom. The Labute approximate surface area is 95.5 Å². The van der Waals surface area contributed by atoms with Crippen LogP contribution in [-0.4, -0.2) is 23.1 Å². The van der Waals surface area contributed by atoms with Crippen LogP contribution >= 0.6 is 0 Å². The summed E-state index contributed by atoms with van der Waals surface area (Å²) < 4.78 is 0. The van der Waals surface area contributed by atoms with Crippen LogP contribution in [0.2, 0.25) is 0 Å². The smallest absolute Gasteiger partial charge is 0.317 e. The van der Waals surface area contributed by atoms with Gasteiger partial charge in [-0.2, -0.15) is 4.98 Å². The molecule has 1 saturated heterocycles. The fraction of sp³-hybridized carbons (Fsp3) is 0.667. The maximum atomic E-state index is 11.3. The lowest BCUT2D eigenvalue weighted by Gasteiger charge is -2.22. The van der Waals surface area contributed by atoms with Crippen molar-refractivity contribution in [1.29, 1.82) is 0 Å². The van der Waals surface area contributed by atoms with Crippen molar-refractivity contribution in [2.24, 2.45) is 5.92 Å². The lowest BCUT2D eigenvalue weighted by molar-refractivity contribution is 0.369. The largest absolute Gasteiger partial charge is 0.345 e. The van der Waals surface area contributed by atoms with Crippen LogP contribution in [0.1, 0.15) is 31.2 Å². The molecule has 2 heterocycles. The highest BCUT2D eigenvalue weighted by atomic mass is 16.1. The molecule has 2 N–H and O–H groups in total. The highest BCUT2D eigenvalue weighted by molar-refractivity contribution is 5.09. The van der Waals surface area contributed by atoms with Crippen LogP contribution in [0.5, 0.6) is 0 Å². The van der Waals surface area contributed by atoms with Crippen LogP contribution < -0.4 is 11.0 Å². The molecular weight excluding hydrogens is 202 g/mol. The van der Waals surface area contributed by atoms with Gasteiger partial charge in [0.2, 0.25) is 0 Å². The van der Waals surface area contributed by atoms with Crippen LogP contribution in [0.25, 0.3) is 0 Å². The van der Waals surface area contributed by atoms with E-state index in [9.17, 15) is 4.79 Å². The van der Waals surface area contributed by atoms with Crippen molar-refractivity contribution in [3.05, 3.63) is 27.9 Å². The highest BCUT2D eigenvalue weighted by Crippen LogP contribution is 2.16. The van der Waals surface area contributed by atoms with Gasteiger partial charge in [0.25, 0.3) is 0 Å². The summed E-state index contributed by atoms with van der Waals surface area (Å²) in [7, 11) is 0. The molecule has 4 nitrogen and oxygen atoms in total. The highest BCUT2D eigenvalue weighted by Gasteiger charge is 2.14. The molecule has 0 spiro atoms. The third-order valence-electron chi connectivity index (χ3n) is 3.18. The molecule has 1 aliphatic rings. The number of H-pyrrole nitrogens is 1. The van der Waals surface area contributed by atoms with E-state index in [4.69, 9.17) is 0 Å². The van der Waals surface area contributed by atoms with Crippen LogP contribution in [-0.2, 0) is 12.8 Å². The molecule has 88 valence electrons. The van der Waals surface area contributed by atoms with Gasteiger partial charge in [-0.05, 0) is 50.8 Å². The van der Waals surface area contributed by atoms with Crippen molar-refractivity contribution in [3.8, 4) is 0 Å². The molecule has 1 aromatic rings. The second kappa shape index (κ2) is 5.25. The minimum atomic E-state index is -0.205. The Balaban J connectivity index is 2.07. The number of aromatic amines is 1. The Morgan fingerprint density at radius 1 is 1.44 bits per heavy atom. The summed E-state index contributed by atoms with van der Waals surface area (Å²) in [6, 6.07) is 2.03. The van der Waals surface area contributed by atoms with Crippen LogP contribution in [0.3, 0.4) is 0 Å². The normalized spacial score (nSPS) is 17.6. The van der Waals surface area contributed by atoms with Gasteiger partial charge in [0, 0.05) is 11.4 Å². The molecule has 0 aromatic carbocycles. The third-order valence-corrected chi connectivity index (χ3v) is 3.18. The predicted octanol–water partition coefficient (Wildman–Crippen LogP) is 0.874. The number of aromatic nitrogens is 2. The van der Waals surface area contributed by atoms with Gasteiger partial charge in [-0.15, -0.1) is 0 Å². The van der Waals surface area contributed by atoms with E-state index in [1.54, 1.807) is 0 Å². The molecule has 0 aliphatic carbocycles. The SMILES string of the molecule is CCc1cc(CC2CCNCC2)[nH]c(=O)n1. The van der Waals surface area contributed by atoms with Crippen LogP contribution in [0, 0.1) is 5.92 Å². The van der Waals surface area contributed by atoms with E-state index in [1.807, 2.05) is 13.0 Å². The number of rotatable bonds is 3. The molecule has 0 bridgehead atoms. The molecule has 1 aliphatic heterocycles. The summed E-state index contributed by atoms with van der Waals surface area (Å²) in [5, 5.41) is 3.35. The average molecular weight is 221 g/mol. The van der Waals surface area contributed by atoms with Crippen molar-refractivity contribution in [1.82, 2.24) is 15.3 Å². The van der Waals surface area contributed by atoms with E-state index < -0.39 is 0 Å². The quantitative estimate of drug-likeness (QED) is 0.796. The van der Waals surface area contributed by atoms with E-state index in [2.05, 4.69) is 15.3 Å². The summed E-state index contributed by atoms with van der Waals surface area (Å²) in [5.74, 6) is 0.698. The van der Waals surface area contributed by atoms with Gasteiger partial charge in [-0.25, -0.2) is 4.79 Å². The minimum Gasteiger partial charge on any atom is -0.317 e. The molecule has 16 heavy (non-hydrogen) atoms. The first-order valence-corrected chi connectivity index (χ1v) is 6.07. The summed E-state index contributed by atoms with van der Waals surface area (Å²) in [6.45, 7) is 4.22. The minimum absolute atomic E-state index is 0.205. The van der Waals surface area contributed by atoms with E-state index >= 15 is 0 Å². The molecule has 0 radical (unpaired) electrons. The first kappa shape index (κ1) is 11.3. The molecule has 0 unspecified atom stereocenters. The van der Waals surface area contributed by atoms with Crippen molar-refractivity contribution >= 4 is 0 Å². The van der Waals surface area contributed by atoms with Crippen molar-refractivity contribution in [2.75, 3.05) is 13.1 Å². The number of hydrogen-bond acceptors (Lipinski definition) is 3. The maximum absolute atomic E-state index is 11.3. The van der Waals surface area contributed by atoms with Gasteiger partial charge in [0.1, 0.15) is 0 Å². The summed E-state index contributed by atoms with van der Waals surface area (Å²) >= 11 is 0. The monoisotopic (exact) mass is 221 g/mol. The molecule has 1 fully saturated rings. The van der Waals surface area contributed by atoms with Gasteiger partial charge in [0.15, 0.2) is 0 Å². The van der Waals surface area contributed by atoms with E-state index in [0.29, 0.717) is 5.92 Å². The van der Waals surface area contributed by atoms with Gasteiger partial charge >= 0.3 is 5.69 Å². The van der Waals surface area contributed by atoms with Crippen LogP contribution in [0.15, 0.2) is 10.9 Å². The zero-order chi connectivity index (χ0) is 11.4. The number of nitrogens with zero attached hydrogens (tertiary/aromatic N) is 1. The summed E-state index contributed by atoms with van der Waals surface area (Å²) in [5.41, 5.74) is 1.74. The molecular formula is C12H19N3O. The Kier molecular flexibility index (Phi) is 3.72. The second-order valence-electron chi connectivity index (χ2n) is 4.45. The summed E-state index contributed by atoms with van der Waals surface area (Å²) in [6.07, 6.45) is 4.20. The summed E-state index contributed by atoms with van der Waals surface area (Å²) in [4.78, 5) is 18.1. The molecule has 0 atom stereocenters. The first-order valence-electron chi connectivity index (χ1n) is 6.07. The Bertz CT molecular complexity index is 393. The zero-order valence-corrected chi connectivity index (χ0v) is 9.75. The first-order chi connectivity index (χ1) is 7.78. The topological polar surface area (TPSA) is 57.8 Å². The van der Waals surface area contributed by atoms with E-state index in [1.165, 1.54) is 12.8 Å². The fourth-order valence-electron chi connectivity index (χ4n) is 2.25. The van der Waals surface area contributed by atoms with Gasteiger partial charge in [0.05, 0.1) is 0 Å². The standard InChI is InChI=1S/C12H19N3O/c1-2-10-8-11(15-12(16)14-10)7-9-3-5-13-6-4-9/h8-9,13H,2-7H2,1H3,(H,14,15,16). The number of hydrogen-bond donors (Lipinski definition) is 2. The van der Waals surface area contributed by atoms with Crippen molar-refractivity contribution < 1.29 is 0 Å². The Morgan fingerprint density at radius 3 is 2.88 bits per heavy atom. The van der Waals surface area contributed by atoms with Gasteiger partial charge < -0.3 is 10.3 Å². The molecule has 1 aromatic heterocycles. The zero-order valence-electron chi connectivity index (χ0n) is 9.75. The fourth-order valence-corrected chi connectivity index (χ4v) is 2.25. The van der Waals surface area contributed by atoms with Crippen molar-refractivity contribution in [3.63, 3.8) is 0 Å². The Hall–Kier alpha value is -1.16. The third kappa shape index (κ3) is 2.92. The molecule has 0 saturated carbocycles.